The van der Waals surface area contributed by atoms with Crippen LogP contribution in [0, 0.1) is 0 Å². The van der Waals surface area contributed by atoms with E-state index in [1.54, 1.807) is 31.2 Å². The van der Waals surface area contributed by atoms with Crippen LogP contribution in [0.1, 0.15) is 13.8 Å². The number of anilines is 1. The first kappa shape index (κ1) is 21.9. The number of sulfonamides is 1. The number of aromatic nitrogens is 2. The van der Waals surface area contributed by atoms with E-state index in [-0.39, 0.29) is 10.8 Å². The quantitative estimate of drug-likeness (QED) is 0.524. The maximum absolute atomic E-state index is 12.6. The molecule has 0 radical (unpaired) electrons. The number of nitrogens with one attached hydrogen (secondary N) is 1. The van der Waals surface area contributed by atoms with Crippen molar-refractivity contribution in [3.63, 3.8) is 0 Å². The highest BCUT2D eigenvalue weighted by atomic mass is 35.5. The molecule has 7 nitrogen and oxygen atoms in total. The van der Waals surface area contributed by atoms with Crippen molar-refractivity contribution in [3.05, 3.63) is 46.4 Å². The van der Waals surface area contributed by atoms with Crippen LogP contribution >= 0.6 is 35.0 Å². The lowest BCUT2D eigenvalue weighted by Crippen LogP contribution is -2.22. The van der Waals surface area contributed by atoms with Gasteiger partial charge in [-0.2, -0.15) is 0 Å². The molecule has 2 aromatic carbocycles. The highest BCUT2D eigenvalue weighted by Crippen LogP contribution is 2.29. The molecule has 1 heterocycles. The van der Waals surface area contributed by atoms with Crippen molar-refractivity contribution in [1.82, 2.24) is 9.55 Å². The van der Waals surface area contributed by atoms with Gasteiger partial charge in [-0.1, -0.05) is 35.0 Å². The van der Waals surface area contributed by atoms with E-state index in [1.807, 2.05) is 11.5 Å². The first-order valence-electron chi connectivity index (χ1n) is 8.55. The number of fused-ring (bicyclic) bond motifs is 1. The van der Waals surface area contributed by atoms with Gasteiger partial charge in [-0.05, 0) is 50.2 Å². The van der Waals surface area contributed by atoms with Crippen LogP contribution in [0.5, 0.6) is 0 Å². The molecular weight excluding hydrogens is 455 g/mol. The van der Waals surface area contributed by atoms with Gasteiger partial charge in [0.2, 0.25) is 15.9 Å². The molecule has 154 valence electrons. The first-order chi connectivity index (χ1) is 13.6. The maximum Gasteiger partial charge on any atom is 0.238 e. The van der Waals surface area contributed by atoms with Crippen LogP contribution < -0.4 is 10.5 Å². The summed E-state index contributed by atoms with van der Waals surface area (Å²) in [7, 11) is -3.82. The second kappa shape index (κ2) is 8.53. The lowest BCUT2D eigenvalue weighted by molar-refractivity contribution is -0.115. The van der Waals surface area contributed by atoms with Crippen LogP contribution in [0.25, 0.3) is 11.0 Å². The number of aryl methyl sites for hydroxylation is 1. The number of amides is 1. The number of rotatable bonds is 6. The predicted octanol–water partition coefficient (Wildman–Crippen LogP) is 4.13. The molecule has 3 rings (SSSR count). The molecule has 0 aliphatic heterocycles. The van der Waals surface area contributed by atoms with E-state index in [0.29, 0.717) is 33.0 Å². The van der Waals surface area contributed by atoms with Crippen LogP contribution in [0.3, 0.4) is 0 Å². The molecule has 0 saturated heterocycles. The van der Waals surface area contributed by atoms with Gasteiger partial charge in [0.15, 0.2) is 5.16 Å². The van der Waals surface area contributed by atoms with Gasteiger partial charge in [-0.15, -0.1) is 0 Å². The lowest BCUT2D eigenvalue weighted by atomic mass is 10.3. The number of hydrogen-bond donors (Lipinski definition) is 2. The zero-order chi connectivity index (χ0) is 21.3. The van der Waals surface area contributed by atoms with Crippen molar-refractivity contribution in [3.8, 4) is 0 Å². The Morgan fingerprint density at radius 3 is 2.48 bits per heavy atom. The van der Waals surface area contributed by atoms with Gasteiger partial charge in [0.1, 0.15) is 0 Å². The molecule has 1 amide bonds. The zero-order valence-corrected chi connectivity index (χ0v) is 18.7. The number of nitrogens with zero attached hydrogens (tertiary/aromatic N) is 2. The molecule has 0 aliphatic carbocycles. The fourth-order valence-corrected chi connectivity index (χ4v) is 4.79. The predicted molar refractivity (Wildman–Crippen MR) is 117 cm³/mol. The van der Waals surface area contributed by atoms with Crippen molar-refractivity contribution < 1.29 is 13.2 Å². The number of imidazole rings is 1. The number of nitrogens with two attached hydrogens (primary N) is 1. The zero-order valence-electron chi connectivity index (χ0n) is 15.5. The second-order valence-electron chi connectivity index (χ2n) is 6.24. The Labute approximate surface area is 182 Å². The van der Waals surface area contributed by atoms with E-state index < -0.39 is 15.3 Å². The number of benzene rings is 2. The Morgan fingerprint density at radius 1 is 1.24 bits per heavy atom. The number of halogens is 2. The van der Waals surface area contributed by atoms with Gasteiger partial charge in [0.05, 0.1) is 21.2 Å². The normalized spacial score (nSPS) is 12.9. The molecule has 0 aliphatic rings. The van der Waals surface area contributed by atoms with E-state index in [9.17, 15) is 13.2 Å². The van der Waals surface area contributed by atoms with E-state index in [4.69, 9.17) is 28.3 Å². The van der Waals surface area contributed by atoms with Crippen molar-refractivity contribution in [2.45, 2.75) is 35.7 Å². The van der Waals surface area contributed by atoms with Gasteiger partial charge in [0, 0.05) is 22.3 Å². The molecule has 3 N–H and O–H groups in total. The number of carbonyl (C=O) groups excluding carboxylic acids is 1. The van der Waals surface area contributed by atoms with Crippen LogP contribution in [0.2, 0.25) is 10.0 Å². The summed E-state index contributed by atoms with van der Waals surface area (Å²) in [6.07, 6.45) is 0. The van der Waals surface area contributed by atoms with E-state index in [1.165, 1.54) is 23.9 Å². The maximum atomic E-state index is 12.6. The van der Waals surface area contributed by atoms with E-state index in [2.05, 4.69) is 10.3 Å². The Balaban J connectivity index is 1.85. The van der Waals surface area contributed by atoms with Crippen LogP contribution in [0.15, 0.2) is 46.5 Å². The Kier molecular flexibility index (Phi) is 6.45. The standard InChI is InChI=1S/C18H18Cl2N4O3S2/c1-3-24-16-5-4-14(29(21,26)27)9-15(16)23-18(24)28-10(2)17(25)22-13-7-11(19)6-12(20)8-13/h4-10H,3H2,1-2H3,(H,22,25)(H2,21,26,27)/t10-/m1/s1. The highest BCUT2D eigenvalue weighted by molar-refractivity contribution is 8.00. The summed E-state index contributed by atoms with van der Waals surface area (Å²) in [4.78, 5) is 17.1. The molecule has 0 spiro atoms. The van der Waals surface area contributed by atoms with Crippen molar-refractivity contribution >= 4 is 67.6 Å². The van der Waals surface area contributed by atoms with Crippen molar-refractivity contribution in [2.75, 3.05) is 5.32 Å². The summed E-state index contributed by atoms with van der Waals surface area (Å²) < 4.78 is 25.1. The minimum atomic E-state index is -3.82. The highest BCUT2D eigenvalue weighted by Gasteiger charge is 2.20. The summed E-state index contributed by atoms with van der Waals surface area (Å²) in [6, 6.07) is 9.33. The Morgan fingerprint density at radius 2 is 1.90 bits per heavy atom. The minimum absolute atomic E-state index is 0.00840. The van der Waals surface area contributed by atoms with Gasteiger partial charge in [-0.25, -0.2) is 18.5 Å². The van der Waals surface area contributed by atoms with Gasteiger partial charge in [0.25, 0.3) is 0 Å². The molecule has 0 saturated carbocycles. The Bertz CT molecular complexity index is 1180. The van der Waals surface area contributed by atoms with Gasteiger partial charge < -0.3 is 9.88 Å². The molecule has 0 fully saturated rings. The number of carbonyl (C=O) groups is 1. The van der Waals surface area contributed by atoms with Gasteiger partial charge in [-0.3, -0.25) is 4.79 Å². The molecule has 1 aromatic heterocycles. The van der Waals surface area contributed by atoms with Crippen LogP contribution in [0.4, 0.5) is 5.69 Å². The molecule has 29 heavy (non-hydrogen) atoms. The number of primary sulfonamides is 1. The summed E-state index contributed by atoms with van der Waals surface area (Å²) in [5.74, 6) is -0.242. The van der Waals surface area contributed by atoms with Crippen molar-refractivity contribution in [2.24, 2.45) is 5.14 Å². The summed E-state index contributed by atoms with van der Waals surface area (Å²) in [5, 5.41) is 8.95. The summed E-state index contributed by atoms with van der Waals surface area (Å²) in [5.41, 5.74) is 1.76. The van der Waals surface area contributed by atoms with Crippen LogP contribution in [-0.2, 0) is 21.4 Å². The fraction of sp³-hybridized carbons (Fsp3) is 0.222. The fourth-order valence-electron chi connectivity index (χ4n) is 2.74. The van der Waals surface area contributed by atoms with E-state index in [0.717, 1.165) is 5.52 Å². The third-order valence-electron chi connectivity index (χ3n) is 4.11. The third-order valence-corrected chi connectivity index (χ3v) is 6.55. The average Bonchev–Trinajstić information content (AvgIpc) is 2.96. The molecule has 0 unspecified atom stereocenters. The molecule has 1 atom stereocenters. The van der Waals surface area contributed by atoms with Crippen molar-refractivity contribution in [1.29, 1.82) is 0 Å². The first-order valence-corrected chi connectivity index (χ1v) is 11.7. The molecule has 3 aromatic rings. The third kappa shape index (κ3) is 5.04. The monoisotopic (exact) mass is 472 g/mol. The molecule has 0 bridgehead atoms. The second-order valence-corrected chi connectivity index (χ2v) is 9.98. The number of hydrogen-bond acceptors (Lipinski definition) is 5. The van der Waals surface area contributed by atoms with Gasteiger partial charge >= 0.3 is 0 Å². The molecular formula is C18H18Cl2N4O3S2. The van der Waals surface area contributed by atoms with E-state index >= 15 is 0 Å². The summed E-state index contributed by atoms with van der Waals surface area (Å²) >= 11 is 13.2. The lowest BCUT2D eigenvalue weighted by Gasteiger charge is -2.13. The topological polar surface area (TPSA) is 107 Å². The number of thioether (sulfide) groups is 1. The SMILES string of the molecule is CCn1c(S[C@H](C)C(=O)Nc2cc(Cl)cc(Cl)c2)nc2cc(S(N)(=O)=O)ccc21. The Hall–Kier alpha value is -1.78. The smallest absolute Gasteiger partial charge is 0.238 e. The minimum Gasteiger partial charge on any atom is -0.325 e. The summed E-state index contributed by atoms with van der Waals surface area (Å²) in [6.45, 7) is 4.30. The molecule has 11 heteroatoms. The van der Waals surface area contributed by atoms with Crippen LogP contribution in [-0.4, -0.2) is 29.1 Å². The average molecular weight is 473 g/mol. The largest absolute Gasteiger partial charge is 0.325 e.